The smallest absolute Gasteiger partial charge is 0.163 e. The van der Waals surface area contributed by atoms with Gasteiger partial charge in [0.2, 0.25) is 0 Å². The van der Waals surface area contributed by atoms with Gasteiger partial charge in [-0.15, -0.1) is 11.3 Å². The van der Waals surface area contributed by atoms with Gasteiger partial charge in [0.25, 0.3) is 0 Å². The normalized spacial score (nSPS) is 12.4. The highest BCUT2D eigenvalue weighted by Crippen LogP contribution is 2.44. The monoisotopic (exact) mass is 601 g/mol. The van der Waals surface area contributed by atoms with Crippen molar-refractivity contribution in [3.8, 4) is 44.7 Å². The summed E-state index contributed by atoms with van der Waals surface area (Å²) in [7, 11) is 3.19. The minimum atomic E-state index is -0.749. The Morgan fingerprint density at radius 1 is 0.929 bits per heavy atom. The van der Waals surface area contributed by atoms with Crippen LogP contribution in [-0.4, -0.2) is 40.6 Å². The maximum absolute atomic E-state index is 13.0. The number of carbonyl (C=O) groups excluding carboxylic acids is 1. The summed E-state index contributed by atoms with van der Waals surface area (Å²) in [6.07, 6.45) is 0.974. The Bertz CT molecular complexity index is 1780. The molecule has 42 heavy (non-hydrogen) atoms. The predicted octanol–water partition coefficient (Wildman–Crippen LogP) is 8.51. The molecule has 5 aromatic rings. The molecule has 2 aromatic heterocycles. The maximum atomic E-state index is 13.0. The third kappa shape index (κ3) is 6.02. The first-order valence-corrected chi connectivity index (χ1v) is 14.6. The van der Waals surface area contributed by atoms with Crippen LogP contribution in [0.1, 0.15) is 44.9 Å². The number of hydrogen-bond acceptors (Lipinski definition) is 8. The van der Waals surface area contributed by atoms with E-state index in [0.29, 0.717) is 28.0 Å². The van der Waals surface area contributed by atoms with E-state index in [9.17, 15) is 4.79 Å². The molecule has 216 valence electrons. The van der Waals surface area contributed by atoms with Gasteiger partial charge in [0.1, 0.15) is 16.8 Å². The Balaban J connectivity index is 1.70. The average Bonchev–Trinajstić information content (AvgIpc) is 3.38. The van der Waals surface area contributed by atoms with Gasteiger partial charge < -0.3 is 14.2 Å². The molecule has 0 spiro atoms. The Morgan fingerprint density at radius 2 is 1.62 bits per heavy atom. The number of aromatic nitrogens is 3. The van der Waals surface area contributed by atoms with Crippen molar-refractivity contribution in [2.24, 2.45) is 0 Å². The zero-order valence-corrected chi connectivity index (χ0v) is 26.2. The quantitative estimate of drug-likeness (QED) is 0.176. The molecule has 5 rings (SSSR count). The van der Waals surface area contributed by atoms with Crippen molar-refractivity contribution in [3.63, 3.8) is 0 Å². The van der Waals surface area contributed by atoms with Gasteiger partial charge in [-0.3, -0.25) is 4.79 Å². The van der Waals surface area contributed by atoms with Crippen molar-refractivity contribution < 1.29 is 19.0 Å². The van der Waals surface area contributed by atoms with E-state index < -0.39 is 11.7 Å². The first-order chi connectivity index (χ1) is 20.0. The zero-order chi connectivity index (χ0) is 30.2. The molecule has 0 aliphatic heterocycles. The molecule has 0 bridgehead atoms. The summed E-state index contributed by atoms with van der Waals surface area (Å²) in [6.45, 7) is 9.42. The molecule has 3 aromatic carbocycles. The summed E-state index contributed by atoms with van der Waals surface area (Å²) in [5, 5.41) is 1.36. The number of carbonyl (C=O) groups is 1. The van der Waals surface area contributed by atoms with Crippen molar-refractivity contribution in [2.45, 2.75) is 46.3 Å². The number of Topliss-reactive ketones (excluding diaryl/α,β-unsaturated/α-hetero) is 1. The molecule has 0 aliphatic rings. The molecule has 2 heterocycles. The second kappa shape index (κ2) is 11.8. The fraction of sp³-hybridized carbons (Fsp3) is 0.273. The summed E-state index contributed by atoms with van der Waals surface area (Å²) >= 11 is 7.77. The number of ketones is 1. The lowest BCUT2D eigenvalue weighted by molar-refractivity contribution is -0.138. The number of hydrogen-bond donors (Lipinski definition) is 0. The van der Waals surface area contributed by atoms with E-state index in [1.54, 1.807) is 27.3 Å². The Morgan fingerprint density at radius 3 is 2.26 bits per heavy atom. The fourth-order valence-corrected chi connectivity index (χ4v) is 6.07. The lowest BCUT2D eigenvalue weighted by Crippen LogP contribution is -2.27. The minimum Gasteiger partial charge on any atom is -0.493 e. The molecular formula is C33H32ClN3O4S. The number of thiazole rings is 1. The highest BCUT2D eigenvalue weighted by Gasteiger charge is 2.30. The number of aryl methyl sites for hydroxylation is 1. The Labute approximate surface area is 254 Å². The van der Waals surface area contributed by atoms with Crippen molar-refractivity contribution in [2.75, 3.05) is 14.2 Å². The molecule has 0 unspecified atom stereocenters. The number of nitrogens with zero attached hydrogens (tertiary/aromatic N) is 3. The largest absolute Gasteiger partial charge is 0.493 e. The van der Waals surface area contributed by atoms with Gasteiger partial charge in [0.15, 0.2) is 23.1 Å². The van der Waals surface area contributed by atoms with Gasteiger partial charge in [-0.05, 0) is 88.2 Å². The topological polar surface area (TPSA) is 83.4 Å². The van der Waals surface area contributed by atoms with E-state index in [-0.39, 0.29) is 5.78 Å². The van der Waals surface area contributed by atoms with Gasteiger partial charge in [0.05, 0.1) is 30.0 Å². The van der Waals surface area contributed by atoms with Crippen LogP contribution in [0.2, 0.25) is 5.02 Å². The third-order valence-corrected chi connectivity index (χ3v) is 8.04. The molecule has 0 saturated carbocycles. The van der Waals surface area contributed by atoms with Crippen molar-refractivity contribution in [3.05, 3.63) is 76.9 Å². The Hall–Kier alpha value is -3.85. The van der Waals surface area contributed by atoms with Crippen molar-refractivity contribution >= 4 is 38.9 Å². The number of ether oxygens (including phenoxy) is 3. The lowest BCUT2D eigenvalue weighted by Gasteiger charge is -2.29. The maximum Gasteiger partial charge on any atom is 0.163 e. The second-order valence-electron chi connectivity index (χ2n) is 10.9. The van der Waals surface area contributed by atoms with Gasteiger partial charge in [-0.2, -0.15) is 0 Å². The van der Waals surface area contributed by atoms with E-state index in [1.165, 1.54) is 11.3 Å². The molecule has 0 saturated heterocycles. The highest BCUT2D eigenvalue weighted by atomic mass is 35.5. The summed E-state index contributed by atoms with van der Waals surface area (Å²) in [5.41, 5.74) is 5.34. The van der Waals surface area contributed by atoms with Crippen LogP contribution in [0.15, 0.2) is 60.8 Å². The van der Waals surface area contributed by atoms with Crippen LogP contribution in [0.4, 0.5) is 0 Å². The zero-order valence-electron chi connectivity index (χ0n) is 24.6. The number of halogens is 1. The standard InChI is InChI=1S/C33H32ClN3O4S/c1-18-16-24-30(28(20-8-11-22(34)12-9-20)27(18)29(19(2)38)41-33(3,4)5)42-32(37-24)23-14-15-35-31(36-23)21-10-13-25(39-6)26(17-21)40-7/h8-17,29H,1-7H3/t29-/m1/s1. The van der Waals surface area contributed by atoms with Crippen LogP contribution < -0.4 is 9.47 Å². The number of fused-ring (bicyclic) bond motifs is 1. The molecule has 0 fully saturated rings. The number of methoxy groups -OCH3 is 2. The van der Waals surface area contributed by atoms with Crippen LogP contribution in [0.5, 0.6) is 11.5 Å². The highest BCUT2D eigenvalue weighted by molar-refractivity contribution is 7.22. The first-order valence-electron chi connectivity index (χ1n) is 13.4. The molecule has 0 N–H and O–H groups in total. The minimum absolute atomic E-state index is 0.0670. The van der Waals surface area contributed by atoms with E-state index in [0.717, 1.165) is 43.0 Å². The summed E-state index contributed by atoms with van der Waals surface area (Å²) in [5.74, 6) is 1.70. The van der Waals surface area contributed by atoms with Crippen molar-refractivity contribution in [1.82, 2.24) is 15.0 Å². The summed E-state index contributed by atoms with van der Waals surface area (Å²) < 4.78 is 18.1. The number of rotatable bonds is 8. The Kier molecular flexibility index (Phi) is 8.32. The van der Waals surface area contributed by atoms with Gasteiger partial charge in [-0.25, -0.2) is 15.0 Å². The fourth-order valence-electron chi connectivity index (χ4n) is 4.85. The van der Waals surface area contributed by atoms with E-state index in [1.807, 2.05) is 82.3 Å². The molecule has 0 amide bonds. The van der Waals surface area contributed by atoms with Gasteiger partial charge >= 0.3 is 0 Å². The van der Waals surface area contributed by atoms with E-state index >= 15 is 0 Å². The average molecular weight is 602 g/mol. The number of benzene rings is 3. The first kappa shape index (κ1) is 29.6. The third-order valence-electron chi connectivity index (χ3n) is 6.68. The summed E-state index contributed by atoms with van der Waals surface area (Å²) in [4.78, 5) is 27.4. The molecule has 9 heteroatoms. The molecule has 0 radical (unpaired) electrons. The SMILES string of the molecule is COc1ccc(-c2nccc(-c3nc4cc(C)c([C@H](OC(C)(C)C)C(C)=O)c(-c5ccc(Cl)cc5)c4s3)n2)cc1OC. The van der Waals surface area contributed by atoms with Crippen LogP contribution in [0, 0.1) is 6.92 Å². The van der Waals surface area contributed by atoms with Crippen molar-refractivity contribution in [1.29, 1.82) is 0 Å². The molecule has 7 nitrogen and oxygen atoms in total. The molecule has 0 aliphatic carbocycles. The van der Waals surface area contributed by atoms with Crippen LogP contribution in [0.3, 0.4) is 0 Å². The van der Waals surface area contributed by atoms with Crippen LogP contribution in [-0.2, 0) is 9.53 Å². The summed E-state index contributed by atoms with van der Waals surface area (Å²) in [6, 6.07) is 17.1. The lowest BCUT2D eigenvalue weighted by atomic mass is 9.90. The van der Waals surface area contributed by atoms with Gasteiger partial charge in [-0.1, -0.05) is 23.7 Å². The molecule has 1 atom stereocenters. The van der Waals surface area contributed by atoms with E-state index in [4.69, 9.17) is 35.8 Å². The predicted molar refractivity (Wildman–Crippen MR) is 169 cm³/mol. The van der Waals surface area contributed by atoms with E-state index in [2.05, 4.69) is 4.98 Å². The van der Waals surface area contributed by atoms with Crippen LogP contribution in [0.25, 0.3) is 43.4 Å². The van der Waals surface area contributed by atoms with Crippen LogP contribution >= 0.6 is 22.9 Å². The molecular weight excluding hydrogens is 570 g/mol. The van der Waals surface area contributed by atoms with Gasteiger partial charge in [0, 0.05) is 27.9 Å². The second-order valence-corrected chi connectivity index (χ2v) is 12.3.